The molecule has 32 heavy (non-hydrogen) atoms. The SMILES string of the molecule is COC(=O)c1cc(Nc2ncnc(NC3CCCCCC3)c2[N+](=O)[O-])cc(C(=O)OC)c1. The molecule has 0 radical (unpaired) electrons. The van der Waals surface area contributed by atoms with Crippen molar-refractivity contribution in [2.75, 3.05) is 24.9 Å². The van der Waals surface area contributed by atoms with Gasteiger partial charge in [-0.25, -0.2) is 19.6 Å². The van der Waals surface area contributed by atoms with Crippen LogP contribution in [0.3, 0.4) is 0 Å². The summed E-state index contributed by atoms with van der Waals surface area (Å²) >= 11 is 0. The molecule has 0 bridgehead atoms. The van der Waals surface area contributed by atoms with E-state index >= 15 is 0 Å². The molecule has 0 amide bonds. The summed E-state index contributed by atoms with van der Waals surface area (Å²) in [6, 6.07) is 4.22. The molecule has 0 unspecified atom stereocenters. The molecule has 1 aromatic heterocycles. The second kappa shape index (κ2) is 10.5. The Hall–Kier alpha value is -3.76. The molecule has 11 nitrogen and oxygen atoms in total. The molecular formula is C21H25N5O6. The van der Waals surface area contributed by atoms with Gasteiger partial charge in [-0.3, -0.25) is 10.1 Å². The van der Waals surface area contributed by atoms with Crippen molar-refractivity contribution < 1.29 is 24.0 Å². The molecule has 0 atom stereocenters. The quantitative estimate of drug-likeness (QED) is 0.280. The van der Waals surface area contributed by atoms with Gasteiger partial charge in [-0.2, -0.15) is 0 Å². The van der Waals surface area contributed by atoms with E-state index in [2.05, 4.69) is 20.6 Å². The first-order valence-electron chi connectivity index (χ1n) is 10.3. The zero-order valence-corrected chi connectivity index (χ0v) is 17.9. The van der Waals surface area contributed by atoms with Crippen LogP contribution in [0.15, 0.2) is 24.5 Å². The molecule has 0 aliphatic heterocycles. The van der Waals surface area contributed by atoms with E-state index in [0.29, 0.717) is 0 Å². The minimum Gasteiger partial charge on any atom is -0.465 e. The van der Waals surface area contributed by atoms with Gasteiger partial charge in [0.2, 0.25) is 11.6 Å². The number of carbonyl (C=O) groups excluding carboxylic acids is 2. The first-order chi connectivity index (χ1) is 15.4. The van der Waals surface area contributed by atoms with E-state index < -0.39 is 16.9 Å². The molecule has 170 valence electrons. The van der Waals surface area contributed by atoms with Gasteiger partial charge in [-0.15, -0.1) is 0 Å². The fraction of sp³-hybridized carbons (Fsp3) is 0.429. The standard InChI is InChI=1S/C21H25N5O6/c1-31-20(27)13-9-14(21(28)32-2)11-16(10-13)25-19-17(26(29)30)18(22-12-23-19)24-15-7-5-3-4-6-8-15/h9-12,15H,3-8H2,1-2H3,(H2,22,23,24,25). The Kier molecular flexibility index (Phi) is 7.53. The van der Waals surface area contributed by atoms with Gasteiger partial charge in [-0.05, 0) is 31.0 Å². The number of esters is 2. The normalized spacial score (nSPS) is 14.2. The number of anilines is 3. The number of carbonyl (C=O) groups is 2. The third-order valence-electron chi connectivity index (χ3n) is 5.24. The van der Waals surface area contributed by atoms with Crippen LogP contribution in [0.25, 0.3) is 0 Å². The van der Waals surface area contributed by atoms with Gasteiger partial charge < -0.3 is 20.1 Å². The molecule has 2 aromatic rings. The molecule has 2 N–H and O–H groups in total. The number of nitrogens with one attached hydrogen (secondary N) is 2. The number of ether oxygens (including phenoxy) is 2. The molecule has 1 aliphatic rings. The molecule has 1 heterocycles. The number of nitrogens with zero attached hydrogens (tertiary/aromatic N) is 3. The summed E-state index contributed by atoms with van der Waals surface area (Å²) in [7, 11) is 2.42. The predicted molar refractivity (Wildman–Crippen MR) is 116 cm³/mol. The summed E-state index contributed by atoms with van der Waals surface area (Å²) in [6.07, 6.45) is 7.45. The highest BCUT2D eigenvalue weighted by molar-refractivity contribution is 5.97. The Bertz CT molecular complexity index is 970. The number of hydrogen-bond acceptors (Lipinski definition) is 10. The lowest BCUT2D eigenvalue weighted by molar-refractivity contribution is -0.383. The molecule has 1 fully saturated rings. The minimum absolute atomic E-state index is 0.0704. The Labute approximate surface area is 184 Å². The Morgan fingerprint density at radius 3 is 2.06 bits per heavy atom. The zero-order valence-electron chi connectivity index (χ0n) is 17.9. The Morgan fingerprint density at radius 1 is 0.969 bits per heavy atom. The number of rotatable bonds is 7. The highest BCUT2D eigenvalue weighted by atomic mass is 16.6. The second-order valence-electron chi connectivity index (χ2n) is 7.42. The number of aromatic nitrogens is 2. The second-order valence-corrected chi connectivity index (χ2v) is 7.42. The van der Waals surface area contributed by atoms with Crippen LogP contribution in [-0.2, 0) is 9.47 Å². The molecule has 1 aliphatic carbocycles. The number of hydrogen-bond donors (Lipinski definition) is 2. The molecule has 0 spiro atoms. The van der Waals surface area contributed by atoms with Gasteiger partial charge in [-0.1, -0.05) is 25.7 Å². The van der Waals surface area contributed by atoms with Crippen LogP contribution in [0.4, 0.5) is 23.0 Å². The van der Waals surface area contributed by atoms with Crippen LogP contribution in [-0.4, -0.2) is 47.1 Å². The lowest BCUT2D eigenvalue weighted by atomic mass is 10.1. The monoisotopic (exact) mass is 443 g/mol. The lowest BCUT2D eigenvalue weighted by Gasteiger charge is -2.17. The van der Waals surface area contributed by atoms with Gasteiger partial charge in [0, 0.05) is 11.7 Å². The van der Waals surface area contributed by atoms with Gasteiger partial charge in [0.15, 0.2) is 0 Å². The molecule has 11 heteroatoms. The third-order valence-corrected chi connectivity index (χ3v) is 5.24. The van der Waals surface area contributed by atoms with Gasteiger partial charge in [0.05, 0.1) is 30.3 Å². The summed E-state index contributed by atoms with van der Waals surface area (Å²) in [4.78, 5) is 43.5. The van der Waals surface area contributed by atoms with Crippen molar-refractivity contribution in [1.82, 2.24) is 9.97 Å². The molecule has 1 aromatic carbocycles. The van der Waals surface area contributed by atoms with Crippen molar-refractivity contribution in [3.05, 3.63) is 45.8 Å². The van der Waals surface area contributed by atoms with Gasteiger partial charge >= 0.3 is 17.6 Å². The molecule has 1 saturated carbocycles. The topological polar surface area (TPSA) is 146 Å². The summed E-state index contributed by atoms with van der Waals surface area (Å²) in [5.74, 6) is -1.30. The fourth-order valence-electron chi connectivity index (χ4n) is 3.67. The molecular weight excluding hydrogens is 418 g/mol. The maximum Gasteiger partial charge on any atom is 0.353 e. The minimum atomic E-state index is -0.674. The molecule has 3 rings (SSSR count). The average molecular weight is 443 g/mol. The highest BCUT2D eigenvalue weighted by Gasteiger charge is 2.26. The summed E-state index contributed by atoms with van der Waals surface area (Å²) in [5.41, 5.74) is 0.0631. The van der Waals surface area contributed by atoms with Gasteiger partial charge in [0.25, 0.3) is 0 Å². The van der Waals surface area contributed by atoms with Crippen LogP contribution in [0.5, 0.6) is 0 Å². The van der Waals surface area contributed by atoms with Crippen molar-refractivity contribution >= 4 is 34.9 Å². The van der Waals surface area contributed by atoms with Crippen molar-refractivity contribution in [2.45, 2.75) is 44.6 Å². The van der Waals surface area contributed by atoms with E-state index in [4.69, 9.17) is 9.47 Å². The number of benzene rings is 1. The van der Waals surface area contributed by atoms with E-state index in [0.717, 1.165) is 38.5 Å². The smallest absolute Gasteiger partial charge is 0.353 e. The van der Waals surface area contributed by atoms with Crippen molar-refractivity contribution in [2.24, 2.45) is 0 Å². The van der Waals surface area contributed by atoms with Crippen LogP contribution < -0.4 is 10.6 Å². The van der Waals surface area contributed by atoms with Crippen molar-refractivity contribution in [1.29, 1.82) is 0 Å². The summed E-state index contributed by atoms with van der Waals surface area (Å²) < 4.78 is 9.45. The first-order valence-corrected chi connectivity index (χ1v) is 10.3. The zero-order chi connectivity index (χ0) is 23.1. The van der Waals surface area contributed by atoms with Crippen LogP contribution in [0.1, 0.15) is 59.2 Å². The summed E-state index contributed by atoms with van der Waals surface area (Å²) in [5, 5.41) is 17.9. The van der Waals surface area contributed by atoms with Crippen LogP contribution >= 0.6 is 0 Å². The van der Waals surface area contributed by atoms with E-state index in [1.807, 2.05) is 0 Å². The van der Waals surface area contributed by atoms with Crippen LogP contribution in [0.2, 0.25) is 0 Å². The Morgan fingerprint density at radius 2 is 1.53 bits per heavy atom. The van der Waals surface area contributed by atoms with E-state index in [-0.39, 0.29) is 40.2 Å². The maximum absolute atomic E-state index is 12.0. The van der Waals surface area contributed by atoms with Crippen molar-refractivity contribution in [3.63, 3.8) is 0 Å². The first kappa shape index (κ1) is 22.9. The fourth-order valence-corrected chi connectivity index (χ4v) is 3.67. The number of methoxy groups -OCH3 is 2. The Balaban J connectivity index is 1.96. The van der Waals surface area contributed by atoms with Crippen molar-refractivity contribution in [3.8, 4) is 0 Å². The third kappa shape index (κ3) is 5.48. The lowest BCUT2D eigenvalue weighted by Crippen LogP contribution is -2.20. The molecule has 0 saturated heterocycles. The van der Waals surface area contributed by atoms with E-state index in [9.17, 15) is 19.7 Å². The summed E-state index contributed by atoms with van der Waals surface area (Å²) in [6.45, 7) is 0. The van der Waals surface area contributed by atoms with Crippen LogP contribution in [0, 0.1) is 10.1 Å². The highest BCUT2D eigenvalue weighted by Crippen LogP contribution is 2.33. The maximum atomic E-state index is 12.0. The predicted octanol–water partition coefficient (Wildman–Crippen LogP) is 3.84. The average Bonchev–Trinajstić information content (AvgIpc) is 3.06. The largest absolute Gasteiger partial charge is 0.465 e. The van der Waals surface area contributed by atoms with E-state index in [1.165, 1.54) is 38.7 Å². The van der Waals surface area contributed by atoms with E-state index in [1.54, 1.807) is 0 Å². The number of nitro groups is 1. The van der Waals surface area contributed by atoms with Gasteiger partial charge in [0.1, 0.15) is 6.33 Å².